The molecule has 1 amide bonds. The van der Waals surface area contributed by atoms with Crippen molar-refractivity contribution in [3.05, 3.63) is 52.8 Å². The van der Waals surface area contributed by atoms with Crippen molar-refractivity contribution in [1.82, 2.24) is 14.7 Å². The van der Waals surface area contributed by atoms with Crippen LogP contribution in [0.2, 0.25) is 5.02 Å². The predicted molar refractivity (Wildman–Crippen MR) is 91.7 cm³/mol. The summed E-state index contributed by atoms with van der Waals surface area (Å²) in [6.07, 6.45) is 6.95. The third-order valence-corrected chi connectivity index (χ3v) is 4.76. The Labute approximate surface area is 142 Å². The zero-order valence-corrected chi connectivity index (χ0v) is 14.2. The van der Waals surface area contributed by atoms with Crippen LogP contribution in [-0.4, -0.2) is 33.2 Å². The highest BCUT2D eigenvalue weighted by Crippen LogP contribution is 2.25. The van der Waals surface area contributed by atoms with Gasteiger partial charge in [0.2, 0.25) is 0 Å². The molecule has 1 aliphatic heterocycles. The number of rotatable bonds is 4. The quantitative estimate of drug-likeness (QED) is 0.856. The number of hydrogen-bond acceptors (Lipinski definition) is 2. The average Bonchev–Trinajstić information content (AvgIpc) is 2.92. The minimum atomic E-state index is -0.0339. The summed E-state index contributed by atoms with van der Waals surface area (Å²) in [5.41, 5.74) is 1.70. The SMILES string of the molecule is Cn1cc(Cl)c(C(=O)N2CCCC[C@@H]2CCc2ccccc2)n1. The van der Waals surface area contributed by atoms with E-state index in [2.05, 4.69) is 29.4 Å². The molecule has 0 N–H and O–H groups in total. The number of halogens is 1. The molecule has 3 rings (SSSR count). The number of aromatic nitrogens is 2. The number of nitrogens with zero attached hydrogens (tertiary/aromatic N) is 3. The van der Waals surface area contributed by atoms with E-state index in [0.717, 1.165) is 32.2 Å². The van der Waals surface area contributed by atoms with Gasteiger partial charge in [0, 0.05) is 25.8 Å². The number of carbonyl (C=O) groups excluding carboxylic acids is 1. The fourth-order valence-corrected chi connectivity index (χ4v) is 3.55. The molecule has 0 spiro atoms. The van der Waals surface area contributed by atoms with E-state index in [9.17, 15) is 4.79 Å². The maximum Gasteiger partial charge on any atom is 0.276 e. The van der Waals surface area contributed by atoms with Crippen LogP contribution < -0.4 is 0 Å². The molecule has 0 radical (unpaired) electrons. The van der Waals surface area contributed by atoms with Gasteiger partial charge < -0.3 is 4.90 Å². The van der Waals surface area contributed by atoms with Crippen LogP contribution >= 0.6 is 11.6 Å². The number of hydrogen-bond donors (Lipinski definition) is 0. The van der Waals surface area contributed by atoms with Crippen LogP contribution in [0.4, 0.5) is 0 Å². The summed E-state index contributed by atoms with van der Waals surface area (Å²) in [6.45, 7) is 0.797. The van der Waals surface area contributed by atoms with Crippen LogP contribution in [0.25, 0.3) is 0 Å². The molecule has 0 bridgehead atoms. The minimum Gasteiger partial charge on any atom is -0.334 e. The van der Waals surface area contributed by atoms with E-state index >= 15 is 0 Å². The zero-order chi connectivity index (χ0) is 16.2. The summed E-state index contributed by atoms with van der Waals surface area (Å²) in [7, 11) is 1.78. The third-order valence-electron chi connectivity index (χ3n) is 4.48. The Morgan fingerprint density at radius 1 is 1.30 bits per heavy atom. The lowest BCUT2D eigenvalue weighted by Gasteiger charge is -2.35. The Hall–Kier alpha value is -1.81. The van der Waals surface area contributed by atoms with Gasteiger partial charge in [-0.1, -0.05) is 41.9 Å². The predicted octanol–water partition coefficient (Wildman–Crippen LogP) is 3.70. The molecule has 1 aromatic heterocycles. The van der Waals surface area contributed by atoms with Gasteiger partial charge in [-0.05, 0) is 37.7 Å². The van der Waals surface area contributed by atoms with E-state index in [1.165, 1.54) is 12.0 Å². The van der Waals surface area contributed by atoms with Gasteiger partial charge in [-0.25, -0.2) is 0 Å². The molecular weight excluding hydrogens is 310 g/mol. The third kappa shape index (κ3) is 3.75. The second kappa shape index (κ2) is 7.18. The van der Waals surface area contributed by atoms with Crippen LogP contribution in [0, 0.1) is 0 Å². The topological polar surface area (TPSA) is 38.1 Å². The highest BCUT2D eigenvalue weighted by Gasteiger charge is 2.29. The van der Waals surface area contributed by atoms with Gasteiger partial charge in [0.05, 0.1) is 5.02 Å². The first-order valence-electron chi connectivity index (χ1n) is 8.19. The minimum absolute atomic E-state index is 0.0339. The van der Waals surface area contributed by atoms with Crippen LogP contribution in [-0.2, 0) is 13.5 Å². The van der Waals surface area contributed by atoms with Gasteiger partial charge in [0.15, 0.2) is 5.69 Å². The first-order valence-corrected chi connectivity index (χ1v) is 8.57. The number of carbonyl (C=O) groups is 1. The van der Waals surface area contributed by atoms with Crippen LogP contribution in [0.15, 0.2) is 36.5 Å². The molecule has 1 atom stereocenters. The Morgan fingerprint density at radius 3 is 2.78 bits per heavy atom. The number of aryl methyl sites for hydroxylation is 2. The van der Waals surface area contributed by atoms with Crippen LogP contribution in [0.1, 0.15) is 41.7 Å². The molecule has 2 heterocycles. The first kappa shape index (κ1) is 16.1. The van der Waals surface area contributed by atoms with Gasteiger partial charge in [0.1, 0.15) is 0 Å². The molecule has 5 heteroatoms. The van der Waals surface area contributed by atoms with E-state index in [0.29, 0.717) is 10.7 Å². The van der Waals surface area contributed by atoms with Crippen molar-refractivity contribution >= 4 is 17.5 Å². The van der Waals surface area contributed by atoms with Crippen LogP contribution in [0.3, 0.4) is 0 Å². The smallest absolute Gasteiger partial charge is 0.276 e. The van der Waals surface area contributed by atoms with Gasteiger partial charge in [-0.3, -0.25) is 9.48 Å². The van der Waals surface area contributed by atoms with Gasteiger partial charge in [0.25, 0.3) is 5.91 Å². The largest absolute Gasteiger partial charge is 0.334 e. The van der Waals surface area contributed by atoms with Gasteiger partial charge in [-0.2, -0.15) is 5.10 Å². The fourth-order valence-electron chi connectivity index (χ4n) is 3.29. The van der Waals surface area contributed by atoms with Crippen molar-refractivity contribution in [1.29, 1.82) is 0 Å². The van der Waals surface area contributed by atoms with E-state index in [1.807, 2.05) is 11.0 Å². The van der Waals surface area contributed by atoms with E-state index in [-0.39, 0.29) is 11.9 Å². The van der Waals surface area contributed by atoms with Crippen molar-refractivity contribution in [2.75, 3.05) is 6.54 Å². The standard InChI is InChI=1S/C18H22ClN3O/c1-21-13-16(19)17(20-21)18(23)22-12-6-5-9-15(22)11-10-14-7-3-2-4-8-14/h2-4,7-8,13,15H,5-6,9-12H2,1H3/t15-/m1/s1. The number of likely N-dealkylation sites (tertiary alicyclic amines) is 1. The van der Waals surface area contributed by atoms with Crippen molar-refractivity contribution < 1.29 is 4.79 Å². The van der Waals surface area contributed by atoms with Crippen molar-refractivity contribution in [3.63, 3.8) is 0 Å². The van der Waals surface area contributed by atoms with E-state index < -0.39 is 0 Å². The van der Waals surface area contributed by atoms with Crippen molar-refractivity contribution in [3.8, 4) is 0 Å². The molecule has 1 aliphatic rings. The molecule has 0 saturated carbocycles. The summed E-state index contributed by atoms with van der Waals surface area (Å²) >= 11 is 6.15. The molecule has 1 fully saturated rings. The molecule has 0 aliphatic carbocycles. The van der Waals surface area contributed by atoms with Gasteiger partial charge in [-0.15, -0.1) is 0 Å². The highest BCUT2D eigenvalue weighted by atomic mass is 35.5. The summed E-state index contributed by atoms with van der Waals surface area (Å²) in [5.74, 6) is -0.0339. The molecule has 1 aromatic carbocycles. The second-order valence-corrected chi connectivity index (χ2v) is 6.58. The number of benzene rings is 1. The Balaban J connectivity index is 1.71. The zero-order valence-electron chi connectivity index (χ0n) is 13.4. The van der Waals surface area contributed by atoms with E-state index in [1.54, 1.807) is 17.9 Å². The molecule has 122 valence electrons. The van der Waals surface area contributed by atoms with E-state index in [4.69, 9.17) is 11.6 Å². The average molecular weight is 332 g/mol. The first-order chi connectivity index (χ1) is 11.1. The molecule has 2 aromatic rings. The molecular formula is C18H22ClN3O. The lowest BCUT2D eigenvalue weighted by Crippen LogP contribution is -2.44. The molecule has 1 saturated heterocycles. The summed E-state index contributed by atoms with van der Waals surface area (Å²) in [4.78, 5) is 14.8. The maximum absolute atomic E-state index is 12.8. The Kier molecular flexibility index (Phi) is 5.01. The maximum atomic E-state index is 12.8. The highest BCUT2D eigenvalue weighted by molar-refractivity contribution is 6.33. The second-order valence-electron chi connectivity index (χ2n) is 6.17. The Morgan fingerprint density at radius 2 is 2.09 bits per heavy atom. The summed E-state index contributed by atoms with van der Waals surface area (Å²) in [6, 6.07) is 10.7. The van der Waals surface area contributed by atoms with Crippen molar-refractivity contribution in [2.45, 2.75) is 38.1 Å². The lowest BCUT2D eigenvalue weighted by atomic mass is 9.95. The molecule has 0 unspecified atom stereocenters. The molecule has 4 nitrogen and oxygen atoms in total. The van der Waals surface area contributed by atoms with Crippen molar-refractivity contribution in [2.24, 2.45) is 7.05 Å². The lowest BCUT2D eigenvalue weighted by molar-refractivity contribution is 0.0595. The molecule has 23 heavy (non-hydrogen) atoms. The summed E-state index contributed by atoms with van der Waals surface area (Å²) < 4.78 is 1.60. The number of amides is 1. The number of piperidine rings is 1. The van der Waals surface area contributed by atoms with Gasteiger partial charge >= 0.3 is 0 Å². The van der Waals surface area contributed by atoms with Crippen LogP contribution in [0.5, 0.6) is 0 Å². The normalized spacial score (nSPS) is 18.2. The fraction of sp³-hybridized carbons (Fsp3) is 0.444. The summed E-state index contributed by atoms with van der Waals surface area (Å²) in [5, 5.41) is 4.67. The monoisotopic (exact) mass is 331 g/mol. The Bertz CT molecular complexity index is 668.